The predicted molar refractivity (Wildman–Crippen MR) is 81.6 cm³/mol. The van der Waals surface area contributed by atoms with Crippen molar-refractivity contribution in [2.24, 2.45) is 5.73 Å². The summed E-state index contributed by atoms with van der Waals surface area (Å²) >= 11 is 3.41. The third-order valence-electron chi connectivity index (χ3n) is 2.74. The summed E-state index contributed by atoms with van der Waals surface area (Å²) in [5.41, 5.74) is 6.83. The molecule has 118 valence electrons. The molecule has 7 heteroatoms. The van der Waals surface area contributed by atoms with Crippen LogP contribution >= 0.6 is 15.9 Å². The van der Waals surface area contributed by atoms with Gasteiger partial charge in [-0.3, -0.25) is 0 Å². The van der Waals surface area contributed by atoms with Gasteiger partial charge in [-0.25, -0.2) is 4.79 Å². The molecule has 0 radical (unpaired) electrons. The number of hydrogen-bond acceptors (Lipinski definition) is 6. The van der Waals surface area contributed by atoms with Gasteiger partial charge >= 0.3 is 5.97 Å². The number of halogens is 1. The van der Waals surface area contributed by atoms with Gasteiger partial charge in [-0.1, -0.05) is 0 Å². The Bertz CT molecular complexity index is 481. The van der Waals surface area contributed by atoms with Gasteiger partial charge in [0.25, 0.3) is 0 Å². The molecule has 1 atom stereocenters. The first-order valence-electron chi connectivity index (χ1n) is 6.44. The van der Waals surface area contributed by atoms with Crippen molar-refractivity contribution in [1.82, 2.24) is 0 Å². The fourth-order valence-corrected chi connectivity index (χ4v) is 2.46. The number of carbonyl (C=O) groups is 1. The van der Waals surface area contributed by atoms with E-state index < -0.39 is 12.0 Å². The summed E-state index contributed by atoms with van der Waals surface area (Å²) in [6.45, 7) is 2.12. The number of esters is 1. The van der Waals surface area contributed by atoms with E-state index in [1.54, 1.807) is 33.3 Å². The lowest BCUT2D eigenvalue weighted by Crippen LogP contribution is -2.21. The van der Waals surface area contributed by atoms with E-state index in [1.807, 2.05) is 0 Å². The third-order valence-corrected chi connectivity index (χ3v) is 3.49. The molecule has 0 aliphatic heterocycles. The van der Waals surface area contributed by atoms with E-state index in [9.17, 15) is 4.79 Å². The Kier molecular flexibility index (Phi) is 7.49. The minimum atomic E-state index is -0.434. The predicted octanol–water partition coefficient (Wildman–Crippen LogP) is 2.05. The van der Waals surface area contributed by atoms with E-state index in [1.165, 1.54) is 0 Å². The molecule has 6 nitrogen and oxygen atoms in total. The zero-order chi connectivity index (χ0) is 15.8. The lowest BCUT2D eigenvalue weighted by molar-refractivity contribution is -0.148. The van der Waals surface area contributed by atoms with Gasteiger partial charge in [0.2, 0.25) is 0 Å². The molecule has 0 bridgehead atoms. The highest BCUT2D eigenvalue weighted by Crippen LogP contribution is 2.39. The molecule has 0 spiro atoms. The molecule has 2 N–H and O–H groups in total. The van der Waals surface area contributed by atoms with Crippen LogP contribution in [0.3, 0.4) is 0 Å². The molecule has 0 saturated heterocycles. The molecule has 1 unspecified atom stereocenters. The van der Waals surface area contributed by atoms with Crippen LogP contribution in [-0.4, -0.2) is 40.0 Å². The fraction of sp³-hybridized carbons (Fsp3) is 0.500. The van der Waals surface area contributed by atoms with Crippen LogP contribution < -0.4 is 15.2 Å². The van der Waals surface area contributed by atoms with Crippen molar-refractivity contribution >= 4 is 21.9 Å². The Balaban J connectivity index is 2.72. The van der Waals surface area contributed by atoms with Crippen LogP contribution in [0.2, 0.25) is 0 Å². The SMILES string of the molecule is CCOC(=O)COCC(N)c1ccc(OC)c(Br)c1OC. The number of ether oxygens (including phenoxy) is 4. The van der Waals surface area contributed by atoms with E-state index in [0.717, 1.165) is 5.56 Å². The van der Waals surface area contributed by atoms with E-state index in [4.69, 9.17) is 24.7 Å². The van der Waals surface area contributed by atoms with E-state index in [2.05, 4.69) is 15.9 Å². The van der Waals surface area contributed by atoms with Crippen molar-refractivity contribution in [2.75, 3.05) is 34.0 Å². The summed E-state index contributed by atoms with van der Waals surface area (Å²) in [7, 11) is 3.12. The normalized spacial score (nSPS) is 11.9. The zero-order valence-electron chi connectivity index (χ0n) is 12.3. The summed E-state index contributed by atoms with van der Waals surface area (Å²) in [5, 5.41) is 0. The second-order valence-electron chi connectivity index (χ2n) is 4.13. The first-order chi connectivity index (χ1) is 10.0. The number of nitrogens with two attached hydrogens (primary N) is 1. The Morgan fingerprint density at radius 2 is 2.05 bits per heavy atom. The van der Waals surface area contributed by atoms with Crippen LogP contribution in [0.1, 0.15) is 18.5 Å². The van der Waals surface area contributed by atoms with Gasteiger partial charge in [0.05, 0.1) is 33.5 Å². The van der Waals surface area contributed by atoms with Crippen molar-refractivity contribution < 1.29 is 23.7 Å². The molecule has 0 aliphatic carbocycles. The summed E-state index contributed by atoms with van der Waals surface area (Å²) in [5.74, 6) is 0.824. The number of benzene rings is 1. The lowest BCUT2D eigenvalue weighted by Gasteiger charge is -2.18. The second kappa shape index (κ2) is 8.86. The molecular formula is C14H20BrNO5. The zero-order valence-corrected chi connectivity index (χ0v) is 13.9. The maximum atomic E-state index is 11.2. The van der Waals surface area contributed by atoms with Gasteiger partial charge in [-0.05, 0) is 35.0 Å². The summed E-state index contributed by atoms with van der Waals surface area (Å²) < 4.78 is 21.3. The Morgan fingerprint density at radius 3 is 2.62 bits per heavy atom. The van der Waals surface area contributed by atoms with Crippen LogP contribution in [0.4, 0.5) is 0 Å². The van der Waals surface area contributed by atoms with Gasteiger partial charge in [-0.15, -0.1) is 0 Å². The molecule has 21 heavy (non-hydrogen) atoms. The monoisotopic (exact) mass is 361 g/mol. The highest BCUT2D eigenvalue weighted by Gasteiger charge is 2.18. The van der Waals surface area contributed by atoms with E-state index >= 15 is 0 Å². The summed E-state index contributed by atoms with van der Waals surface area (Å²) in [6, 6.07) is 3.16. The van der Waals surface area contributed by atoms with Gasteiger partial charge in [-0.2, -0.15) is 0 Å². The molecule has 1 aromatic rings. The lowest BCUT2D eigenvalue weighted by atomic mass is 10.1. The number of hydrogen-bond donors (Lipinski definition) is 1. The molecule has 1 aromatic carbocycles. The number of carbonyl (C=O) groups excluding carboxylic acids is 1. The van der Waals surface area contributed by atoms with Gasteiger partial charge in [0.15, 0.2) is 0 Å². The quantitative estimate of drug-likeness (QED) is 0.713. The largest absolute Gasteiger partial charge is 0.495 e. The fourth-order valence-electron chi connectivity index (χ4n) is 1.77. The van der Waals surface area contributed by atoms with E-state index in [-0.39, 0.29) is 13.2 Å². The Hall–Kier alpha value is -1.31. The molecule has 1 rings (SSSR count). The van der Waals surface area contributed by atoms with Crippen LogP contribution in [0.15, 0.2) is 16.6 Å². The van der Waals surface area contributed by atoms with Gasteiger partial charge < -0.3 is 24.7 Å². The first kappa shape index (κ1) is 17.7. The topological polar surface area (TPSA) is 80.0 Å². The third kappa shape index (κ3) is 4.87. The summed E-state index contributed by atoms with van der Waals surface area (Å²) in [6.07, 6.45) is 0. The van der Waals surface area contributed by atoms with Crippen LogP contribution in [0, 0.1) is 0 Å². The number of methoxy groups -OCH3 is 2. The molecule has 0 fully saturated rings. The van der Waals surface area contributed by atoms with Crippen LogP contribution in [0.5, 0.6) is 11.5 Å². The van der Waals surface area contributed by atoms with E-state index in [0.29, 0.717) is 22.6 Å². The molecular weight excluding hydrogens is 342 g/mol. The Morgan fingerprint density at radius 1 is 1.33 bits per heavy atom. The average molecular weight is 362 g/mol. The van der Waals surface area contributed by atoms with Crippen molar-refractivity contribution in [1.29, 1.82) is 0 Å². The highest BCUT2D eigenvalue weighted by atomic mass is 79.9. The van der Waals surface area contributed by atoms with Crippen LogP contribution in [-0.2, 0) is 14.3 Å². The molecule has 0 aliphatic rings. The smallest absolute Gasteiger partial charge is 0.332 e. The molecule has 0 heterocycles. The van der Waals surface area contributed by atoms with Crippen molar-refractivity contribution in [3.05, 3.63) is 22.2 Å². The first-order valence-corrected chi connectivity index (χ1v) is 7.23. The van der Waals surface area contributed by atoms with Gasteiger partial charge in [0, 0.05) is 5.56 Å². The Labute approximate surface area is 132 Å². The van der Waals surface area contributed by atoms with Crippen LogP contribution in [0.25, 0.3) is 0 Å². The standard InChI is InChI=1S/C14H20BrNO5/c1-4-21-12(17)8-20-7-10(16)9-5-6-11(18-2)13(15)14(9)19-3/h5-6,10H,4,7-8,16H2,1-3H3. The maximum absolute atomic E-state index is 11.2. The highest BCUT2D eigenvalue weighted by molar-refractivity contribution is 9.10. The van der Waals surface area contributed by atoms with Crippen molar-refractivity contribution in [2.45, 2.75) is 13.0 Å². The minimum Gasteiger partial charge on any atom is -0.495 e. The number of rotatable bonds is 8. The maximum Gasteiger partial charge on any atom is 0.332 e. The molecule has 0 aromatic heterocycles. The van der Waals surface area contributed by atoms with Gasteiger partial charge in [0.1, 0.15) is 22.6 Å². The summed E-state index contributed by atoms with van der Waals surface area (Å²) in [4.78, 5) is 11.2. The van der Waals surface area contributed by atoms with Crippen molar-refractivity contribution in [3.63, 3.8) is 0 Å². The molecule has 0 amide bonds. The van der Waals surface area contributed by atoms with Crippen molar-refractivity contribution in [3.8, 4) is 11.5 Å². The molecule has 0 saturated carbocycles. The average Bonchev–Trinajstić information content (AvgIpc) is 2.47. The second-order valence-corrected chi connectivity index (χ2v) is 4.92. The minimum absolute atomic E-state index is 0.124.